The van der Waals surface area contributed by atoms with Gasteiger partial charge in [0, 0.05) is 12.3 Å². The highest BCUT2D eigenvalue weighted by Crippen LogP contribution is 2.30. The van der Waals surface area contributed by atoms with E-state index in [0.29, 0.717) is 6.07 Å². The van der Waals surface area contributed by atoms with Crippen molar-refractivity contribution in [3.05, 3.63) is 29.3 Å². The summed E-state index contributed by atoms with van der Waals surface area (Å²) in [6, 6.07) is 1.37. The zero-order valence-electron chi connectivity index (χ0n) is 7.78. The summed E-state index contributed by atoms with van der Waals surface area (Å²) in [4.78, 5) is 25.7. The first-order valence-electron chi connectivity index (χ1n) is 4.31. The minimum Gasteiger partial charge on any atom is -0.480 e. The van der Waals surface area contributed by atoms with E-state index >= 15 is 0 Å². The minimum absolute atomic E-state index is 0.316. The van der Waals surface area contributed by atoms with Crippen molar-refractivity contribution in [2.75, 3.05) is 0 Å². The third-order valence-electron chi connectivity index (χ3n) is 2.19. The van der Waals surface area contributed by atoms with E-state index in [1.54, 1.807) is 0 Å². The summed E-state index contributed by atoms with van der Waals surface area (Å²) in [6.45, 7) is 0. The number of hydrogen-bond acceptors (Lipinski definition) is 3. The summed E-state index contributed by atoms with van der Waals surface area (Å²) >= 11 is 0. The Morgan fingerprint density at radius 1 is 1.38 bits per heavy atom. The van der Waals surface area contributed by atoms with Crippen molar-refractivity contribution in [1.29, 1.82) is 0 Å². The van der Waals surface area contributed by atoms with Crippen molar-refractivity contribution in [2.24, 2.45) is 10.9 Å². The van der Waals surface area contributed by atoms with Crippen LogP contribution in [0.1, 0.15) is 10.4 Å². The quantitative estimate of drug-likeness (QED) is 0.737. The van der Waals surface area contributed by atoms with Gasteiger partial charge in [-0.25, -0.2) is 8.78 Å². The Bertz CT molecular complexity index is 525. The fraction of sp³-hybridized carbons (Fsp3) is 0.100. The van der Waals surface area contributed by atoms with Crippen LogP contribution in [0.5, 0.6) is 0 Å². The predicted octanol–water partition coefficient (Wildman–Crippen LogP) is 1.56. The van der Waals surface area contributed by atoms with E-state index in [1.165, 1.54) is 0 Å². The smallest absolute Gasteiger partial charge is 0.319 e. The van der Waals surface area contributed by atoms with Gasteiger partial charge < -0.3 is 5.11 Å². The summed E-state index contributed by atoms with van der Waals surface area (Å²) in [5.74, 6) is -5.66. The molecule has 0 saturated heterocycles. The fourth-order valence-corrected chi connectivity index (χ4v) is 1.45. The molecule has 4 nitrogen and oxygen atoms in total. The third-order valence-corrected chi connectivity index (χ3v) is 2.19. The number of benzene rings is 1. The van der Waals surface area contributed by atoms with Crippen molar-refractivity contribution < 1.29 is 23.5 Å². The number of halogens is 2. The molecule has 0 bridgehead atoms. The lowest BCUT2D eigenvalue weighted by molar-refractivity contribution is -0.137. The molecule has 1 heterocycles. The second-order valence-corrected chi connectivity index (χ2v) is 3.24. The number of carbonyl (C=O) groups is 2. The van der Waals surface area contributed by atoms with E-state index in [-0.39, 0.29) is 11.3 Å². The van der Waals surface area contributed by atoms with E-state index in [2.05, 4.69) is 4.99 Å². The molecule has 0 radical (unpaired) electrons. The highest BCUT2D eigenvalue weighted by Gasteiger charge is 2.32. The second-order valence-electron chi connectivity index (χ2n) is 3.24. The van der Waals surface area contributed by atoms with E-state index in [0.717, 1.165) is 12.3 Å². The largest absolute Gasteiger partial charge is 0.480 e. The SMILES string of the molecule is O=C(O)C1C=Nc2c(F)cc(F)cc2C1=O. The van der Waals surface area contributed by atoms with Crippen LogP contribution in [0.25, 0.3) is 0 Å². The molecule has 2 rings (SSSR count). The van der Waals surface area contributed by atoms with Crippen LogP contribution >= 0.6 is 0 Å². The lowest BCUT2D eigenvalue weighted by Crippen LogP contribution is -2.27. The number of ketones is 1. The first kappa shape index (κ1) is 10.4. The van der Waals surface area contributed by atoms with Gasteiger partial charge in [-0.2, -0.15) is 0 Å². The van der Waals surface area contributed by atoms with Gasteiger partial charge in [-0.3, -0.25) is 14.6 Å². The van der Waals surface area contributed by atoms with E-state index in [1.807, 2.05) is 0 Å². The summed E-state index contributed by atoms with van der Waals surface area (Å²) in [5, 5.41) is 8.67. The van der Waals surface area contributed by atoms with Crippen molar-refractivity contribution in [2.45, 2.75) is 0 Å². The maximum absolute atomic E-state index is 13.2. The van der Waals surface area contributed by atoms with Gasteiger partial charge >= 0.3 is 5.97 Å². The molecule has 1 unspecified atom stereocenters. The maximum Gasteiger partial charge on any atom is 0.319 e. The number of Topliss-reactive ketones (excluding diaryl/α,β-unsaturated/α-hetero) is 1. The van der Waals surface area contributed by atoms with E-state index in [9.17, 15) is 18.4 Å². The lowest BCUT2D eigenvalue weighted by Gasteiger charge is -2.14. The maximum atomic E-state index is 13.2. The first-order valence-corrected chi connectivity index (χ1v) is 4.31. The van der Waals surface area contributed by atoms with Gasteiger partial charge in [0.1, 0.15) is 11.5 Å². The Labute approximate surface area is 88.2 Å². The normalized spacial score (nSPS) is 18.4. The van der Waals surface area contributed by atoms with Crippen LogP contribution < -0.4 is 0 Å². The molecule has 0 amide bonds. The number of fused-ring (bicyclic) bond motifs is 1. The molecule has 0 fully saturated rings. The molecule has 6 heteroatoms. The number of rotatable bonds is 1. The zero-order chi connectivity index (χ0) is 11.9. The first-order chi connectivity index (χ1) is 7.50. The second kappa shape index (κ2) is 3.48. The third kappa shape index (κ3) is 1.48. The summed E-state index contributed by atoms with van der Waals surface area (Å²) in [6.07, 6.45) is 0.841. The molecule has 1 aliphatic heterocycles. The lowest BCUT2D eigenvalue weighted by atomic mass is 9.94. The van der Waals surface area contributed by atoms with Crippen molar-refractivity contribution >= 4 is 23.7 Å². The molecular weight excluding hydrogens is 220 g/mol. The fourth-order valence-electron chi connectivity index (χ4n) is 1.45. The molecule has 82 valence electrons. The minimum atomic E-state index is -1.48. The molecular formula is C10H5F2NO3. The number of hydrogen-bond donors (Lipinski definition) is 1. The topological polar surface area (TPSA) is 66.7 Å². The summed E-state index contributed by atoms with van der Waals surface area (Å²) in [5.41, 5.74) is -0.656. The van der Waals surface area contributed by atoms with Gasteiger partial charge in [-0.15, -0.1) is 0 Å². The number of carboxylic acids is 1. The number of nitrogens with zero attached hydrogens (tertiary/aromatic N) is 1. The van der Waals surface area contributed by atoms with Crippen molar-refractivity contribution in [1.82, 2.24) is 0 Å². The number of aliphatic carboxylic acids is 1. The highest BCUT2D eigenvalue weighted by molar-refractivity contribution is 6.22. The Hall–Kier alpha value is -2.11. The predicted molar refractivity (Wildman–Crippen MR) is 50.0 cm³/mol. The van der Waals surface area contributed by atoms with E-state index < -0.39 is 29.3 Å². The zero-order valence-corrected chi connectivity index (χ0v) is 7.78. The summed E-state index contributed by atoms with van der Waals surface area (Å²) in [7, 11) is 0. The Morgan fingerprint density at radius 2 is 2.06 bits per heavy atom. The molecule has 16 heavy (non-hydrogen) atoms. The molecule has 1 aliphatic rings. The number of aliphatic imine (C=N–C) groups is 1. The molecule has 1 aromatic carbocycles. The molecule has 1 aromatic rings. The van der Waals surface area contributed by atoms with Crippen LogP contribution in [0, 0.1) is 17.6 Å². The Morgan fingerprint density at radius 3 is 2.69 bits per heavy atom. The van der Waals surface area contributed by atoms with Gasteiger partial charge in [0.2, 0.25) is 0 Å². The van der Waals surface area contributed by atoms with Crippen molar-refractivity contribution in [3.63, 3.8) is 0 Å². The number of carbonyl (C=O) groups excluding carboxylic acids is 1. The Balaban J connectivity index is 2.60. The molecule has 0 saturated carbocycles. The monoisotopic (exact) mass is 225 g/mol. The molecule has 0 aliphatic carbocycles. The average Bonchev–Trinajstić information content (AvgIpc) is 2.19. The van der Waals surface area contributed by atoms with Gasteiger partial charge in [-0.1, -0.05) is 0 Å². The van der Waals surface area contributed by atoms with Gasteiger partial charge in [0.15, 0.2) is 17.5 Å². The standard InChI is InChI=1S/C10H5F2NO3/c11-4-1-5-8(7(12)2-4)13-3-6(9(5)14)10(15)16/h1-3,6H,(H,15,16). The average molecular weight is 225 g/mol. The van der Waals surface area contributed by atoms with Crippen LogP contribution in [0.3, 0.4) is 0 Å². The van der Waals surface area contributed by atoms with Crippen LogP contribution in [-0.4, -0.2) is 23.1 Å². The van der Waals surface area contributed by atoms with Crippen LogP contribution in [0.4, 0.5) is 14.5 Å². The Kier molecular flexibility index (Phi) is 2.26. The molecule has 0 aromatic heterocycles. The molecule has 1 atom stereocenters. The molecule has 0 spiro atoms. The van der Waals surface area contributed by atoms with E-state index in [4.69, 9.17) is 5.11 Å². The van der Waals surface area contributed by atoms with Crippen molar-refractivity contribution in [3.8, 4) is 0 Å². The van der Waals surface area contributed by atoms with Gasteiger partial charge in [0.25, 0.3) is 0 Å². The van der Waals surface area contributed by atoms with Gasteiger partial charge in [0.05, 0.1) is 5.56 Å². The van der Waals surface area contributed by atoms with Gasteiger partial charge in [-0.05, 0) is 6.07 Å². The summed E-state index contributed by atoms with van der Waals surface area (Å²) < 4.78 is 26.0. The highest BCUT2D eigenvalue weighted by atomic mass is 19.1. The van der Waals surface area contributed by atoms with Crippen LogP contribution in [0.2, 0.25) is 0 Å². The van der Waals surface area contributed by atoms with Crippen LogP contribution in [0.15, 0.2) is 17.1 Å². The molecule has 1 N–H and O–H groups in total. The number of carboxylic acid groups (broad SMARTS) is 1. The van der Waals surface area contributed by atoms with Crippen LogP contribution in [-0.2, 0) is 4.79 Å².